The monoisotopic (exact) mass is 981 g/mol. The highest BCUT2D eigenvalue weighted by atomic mass is 16.6. The van der Waals surface area contributed by atoms with Gasteiger partial charge in [0.1, 0.15) is 13.2 Å². The minimum absolute atomic E-state index is 0.0765. The summed E-state index contributed by atoms with van der Waals surface area (Å²) in [7, 11) is 0. The topological polar surface area (TPSA) is 78.9 Å². The molecule has 408 valence electrons. The average Bonchev–Trinajstić information content (AvgIpc) is 3.36. The zero-order valence-electron chi connectivity index (χ0n) is 46.8. The van der Waals surface area contributed by atoms with Gasteiger partial charge in [-0.25, -0.2) is 0 Å². The third-order valence-corrected chi connectivity index (χ3v) is 13.6. The van der Waals surface area contributed by atoms with Gasteiger partial charge in [0.2, 0.25) is 0 Å². The lowest BCUT2D eigenvalue weighted by molar-refractivity contribution is -0.167. The van der Waals surface area contributed by atoms with E-state index in [9.17, 15) is 14.4 Å². The summed E-state index contributed by atoms with van der Waals surface area (Å²) in [6.45, 7) is 6.56. The summed E-state index contributed by atoms with van der Waals surface area (Å²) in [6, 6.07) is 0. The van der Waals surface area contributed by atoms with Crippen molar-refractivity contribution in [2.45, 2.75) is 329 Å². The highest BCUT2D eigenvalue weighted by Crippen LogP contribution is 2.17. The number of hydrogen-bond acceptors (Lipinski definition) is 6. The standard InChI is InChI=1S/C64H116O6/c1-4-7-10-13-16-19-22-25-28-30-32-34-36-39-42-45-48-51-54-57-63(66)69-60-61(59-68-62(65)56-53-50-47-44-41-38-35-27-24-21-18-15-12-9-6-3)70-64(67)58-55-52-49-46-43-40-37-33-31-29-26-23-20-17-14-11-8-5-2/h9,12,18,21,25,27-28,35,61H,4-8,10-11,13-17,19-20,22-24,26,29-34,36-60H2,1-3H3/b12-9+,21-18+,28-25+,35-27+/t61-/m1/s1. The molecule has 0 amide bonds. The lowest BCUT2D eigenvalue weighted by atomic mass is 10.0. The summed E-state index contributed by atoms with van der Waals surface area (Å²) in [6.07, 6.45) is 72.5. The van der Waals surface area contributed by atoms with Crippen molar-refractivity contribution in [1.29, 1.82) is 0 Å². The van der Waals surface area contributed by atoms with Crippen LogP contribution in [0.4, 0.5) is 0 Å². The Morgan fingerprint density at radius 1 is 0.300 bits per heavy atom. The maximum Gasteiger partial charge on any atom is 0.306 e. The van der Waals surface area contributed by atoms with Crippen LogP contribution in [0.3, 0.4) is 0 Å². The van der Waals surface area contributed by atoms with Gasteiger partial charge in [0.05, 0.1) is 0 Å². The van der Waals surface area contributed by atoms with Crippen molar-refractivity contribution in [3.05, 3.63) is 48.6 Å². The van der Waals surface area contributed by atoms with Gasteiger partial charge in [0, 0.05) is 19.3 Å². The van der Waals surface area contributed by atoms with E-state index in [1.54, 1.807) is 0 Å². The molecule has 0 rings (SSSR count). The van der Waals surface area contributed by atoms with Gasteiger partial charge in [-0.3, -0.25) is 14.4 Å². The van der Waals surface area contributed by atoms with Crippen molar-refractivity contribution >= 4 is 17.9 Å². The molecule has 0 aromatic carbocycles. The molecule has 0 radical (unpaired) electrons. The third kappa shape index (κ3) is 56.3. The van der Waals surface area contributed by atoms with Crippen LogP contribution in [-0.2, 0) is 28.6 Å². The Labute approximate surface area is 435 Å². The first kappa shape index (κ1) is 67.4. The highest BCUT2D eigenvalue weighted by molar-refractivity contribution is 5.71. The first-order chi connectivity index (χ1) is 34.5. The van der Waals surface area contributed by atoms with E-state index in [4.69, 9.17) is 14.2 Å². The van der Waals surface area contributed by atoms with E-state index in [0.717, 1.165) is 96.3 Å². The van der Waals surface area contributed by atoms with E-state index in [1.807, 2.05) is 0 Å². The van der Waals surface area contributed by atoms with Gasteiger partial charge in [-0.15, -0.1) is 0 Å². The van der Waals surface area contributed by atoms with Gasteiger partial charge in [-0.05, 0) is 77.0 Å². The van der Waals surface area contributed by atoms with E-state index in [2.05, 4.69) is 69.4 Å². The molecule has 0 fully saturated rings. The van der Waals surface area contributed by atoms with Gasteiger partial charge in [0.15, 0.2) is 6.10 Å². The maximum absolute atomic E-state index is 12.9. The minimum Gasteiger partial charge on any atom is -0.462 e. The fraction of sp³-hybridized carbons (Fsp3) is 0.828. The second kappa shape index (κ2) is 58.9. The van der Waals surface area contributed by atoms with Crippen molar-refractivity contribution in [2.75, 3.05) is 13.2 Å². The van der Waals surface area contributed by atoms with E-state index >= 15 is 0 Å². The molecule has 1 atom stereocenters. The molecule has 0 aliphatic rings. The lowest BCUT2D eigenvalue weighted by Crippen LogP contribution is -2.30. The average molecular weight is 982 g/mol. The smallest absolute Gasteiger partial charge is 0.306 e. The van der Waals surface area contributed by atoms with Crippen LogP contribution in [0.15, 0.2) is 48.6 Å². The molecule has 0 spiro atoms. The van der Waals surface area contributed by atoms with E-state index < -0.39 is 6.10 Å². The van der Waals surface area contributed by atoms with Crippen LogP contribution in [-0.4, -0.2) is 37.2 Å². The normalized spacial score (nSPS) is 12.3. The Bertz CT molecular complexity index is 1220. The predicted molar refractivity (Wildman–Crippen MR) is 302 cm³/mol. The van der Waals surface area contributed by atoms with Crippen molar-refractivity contribution in [2.24, 2.45) is 0 Å². The van der Waals surface area contributed by atoms with Gasteiger partial charge in [-0.2, -0.15) is 0 Å². The van der Waals surface area contributed by atoms with Crippen molar-refractivity contribution in [1.82, 2.24) is 0 Å². The molecule has 0 aliphatic heterocycles. The molecular formula is C64H116O6. The summed E-state index contributed by atoms with van der Waals surface area (Å²) < 4.78 is 16.9. The lowest BCUT2D eigenvalue weighted by Gasteiger charge is -2.18. The predicted octanol–water partition coefficient (Wildman–Crippen LogP) is 20.6. The second-order valence-corrected chi connectivity index (χ2v) is 20.6. The quantitative estimate of drug-likeness (QED) is 0.0261. The molecule has 0 saturated heterocycles. The Morgan fingerprint density at radius 2 is 0.557 bits per heavy atom. The Kier molecular flexibility index (Phi) is 56.7. The fourth-order valence-electron chi connectivity index (χ4n) is 8.98. The van der Waals surface area contributed by atoms with Crippen LogP contribution < -0.4 is 0 Å². The van der Waals surface area contributed by atoms with Crippen molar-refractivity contribution in [3.8, 4) is 0 Å². The molecule has 0 aliphatic carbocycles. The van der Waals surface area contributed by atoms with Gasteiger partial charge in [0.25, 0.3) is 0 Å². The van der Waals surface area contributed by atoms with Gasteiger partial charge >= 0.3 is 17.9 Å². The first-order valence-electron chi connectivity index (χ1n) is 30.6. The van der Waals surface area contributed by atoms with Crippen LogP contribution in [0.5, 0.6) is 0 Å². The summed E-state index contributed by atoms with van der Waals surface area (Å²) in [5.41, 5.74) is 0. The number of allylic oxidation sites excluding steroid dienone is 8. The Hall–Kier alpha value is -2.63. The van der Waals surface area contributed by atoms with Crippen LogP contribution in [0.2, 0.25) is 0 Å². The molecule has 0 aromatic rings. The van der Waals surface area contributed by atoms with Gasteiger partial charge < -0.3 is 14.2 Å². The minimum atomic E-state index is -0.779. The van der Waals surface area contributed by atoms with Crippen molar-refractivity contribution < 1.29 is 28.6 Å². The molecule has 0 unspecified atom stereocenters. The number of carbonyl (C=O) groups excluding carboxylic acids is 3. The zero-order chi connectivity index (χ0) is 50.7. The second-order valence-electron chi connectivity index (χ2n) is 20.6. The molecule has 0 bridgehead atoms. The summed E-state index contributed by atoms with van der Waals surface area (Å²) in [4.78, 5) is 38.2. The SMILES string of the molecule is CC/C=C/C/C=C/C/C=C/CCCCCCCC(=O)OC[C@H](COC(=O)CCCCCCCCCCC/C=C/CCCCCCCC)OC(=O)CCCCCCCCCCCCCCCCCCCC. The van der Waals surface area contributed by atoms with Crippen LogP contribution >= 0.6 is 0 Å². The van der Waals surface area contributed by atoms with Gasteiger partial charge in [-0.1, -0.05) is 275 Å². The highest BCUT2D eigenvalue weighted by Gasteiger charge is 2.19. The van der Waals surface area contributed by atoms with E-state index in [-0.39, 0.29) is 31.1 Å². The Morgan fingerprint density at radius 3 is 0.886 bits per heavy atom. The van der Waals surface area contributed by atoms with Crippen molar-refractivity contribution in [3.63, 3.8) is 0 Å². The number of esters is 3. The fourth-order valence-corrected chi connectivity index (χ4v) is 8.98. The number of hydrogen-bond donors (Lipinski definition) is 0. The molecule has 70 heavy (non-hydrogen) atoms. The maximum atomic E-state index is 12.9. The first-order valence-corrected chi connectivity index (χ1v) is 30.6. The largest absolute Gasteiger partial charge is 0.462 e. The number of ether oxygens (including phenoxy) is 3. The molecule has 0 N–H and O–H groups in total. The number of rotatable bonds is 56. The molecule has 6 heteroatoms. The molecule has 0 heterocycles. The van der Waals surface area contributed by atoms with E-state index in [1.165, 1.54) is 186 Å². The number of unbranched alkanes of at least 4 members (excludes halogenated alkanes) is 37. The van der Waals surface area contributed by atoms with Crippen LogP contribution in [0.25, 0.3) is 0 Å². The van der Waals surface area contributed by atoms with E-state index in [0.29, 0.717) is 19.3 Å². The van der Waals surface area contributed by atoms with Crippen LogP contribution in [0.1, 0.15) is 323 Å². The summed E-state index contributed by atoms with van der Waals surface area (Å²) >= 11 is 0. The van der Waals surface area contributed by atoms with Crippen LogP contribution in [0, 0.1) is 0 Å². The molecular weight excluding hydrogens is 865 g/mol. The number of carbonyl (C=O) groups is 3. The zero-order valence-corrected chi connectivity index (χ0v) is 46.8. The summed E-state index contributed by atoms with van der Waals surface area (Å²) in [5.74, 6) is -0.877. The molecule has 6 nitrogen and oxygen atoms in total. The summed E-state index contributed by atoms with van der Waals surface area (Å²) in [5, 5.41) is 0. The third-order valence-electron chi connectivity index (χ3n) is 13.6. The Balaban J connectivity index is 4.35. The molecule has 0 saturated carbocycles. The molecule has 0 aromatic heterocycles.